The van der Waals surface area contributed by atoms with E-state index in [2.05, 4.69) is 15.9 Å². The predicted molar refractivity (Wildman–Crippen MR) is 73.7 cm³/mol. The molecule has 0 aromatic heterocycles. The number of benzene rings is 2. The number of rotatable bonds is 1. The molecule has 0 aliphatic heterocycles. The third kappa shape index (κ3) is 1.88. The molecule has 0 saturated heterocycles. The van der Waals surface area contributed by atoms with Crippen molar-refractivity contribution in [1.29, 1.82) is 0 Å². The van der Waals surface area contributed by atoms with Gasteiger partial charge in [0, 0.05) is 5.56 Å². The summed E-state index contributed by atoms with van der Waals surface area (Å²) < 4.78 is 41.8. The van der Waals surface area contributed by atoms with E-state index in [1.807, 2.05) is 0 Å². The summed E-state index contributed by atoms with van der Waals surface area (Å²) in [6.45, 7) is 0. The lowest BCUT2D eigenvalue weighted by Crippen LogP contribution is -2.37. The Kier molecular flexibility index (Phi) is 3.14. The number of hydrogen-bond acceptors (Lipinski definition) is 1. The Morgan fingerprint density at radius 1 is 1.10 bits per heavy atom. The predicted octanol–water partition coefficient (Wildman–Crippen LogP) is 4.01. The molecule has 0 amide bonds. The van der Waals surface area contributed by atoms with Crippen LogP contribution in [0.4, 0.5) is 13.2 Å². The van der Waals surface area contributed by atoms with Crippen molar-refractivity contribution in [3.8, 4) is 0 Å². The van der Waals surface area contributed by atoms with Gasteiger partial charge in [-0.2, -0.15) is 0 Å². The molecule has 2 N–H and O–H groups in total. The highest BCUT2D eigenvalue weighted by molar-refractivity contribution is 9.10. The molecule has 1 nitrogen and oxygen atoms in total. The molecular formula is C15H11BrF3N. The standard InChI is InChI=1S/C15H11BrF3N/c16-11-3-4-12(18)13(14(11)19)15(20)6-5-8-7-9(17)1-2-10(8)15/h1-4,7H,5-6,20H2. The lowest BCUT2D eigenvalue weighted by atomic mass is 9.84. The van der Waals surface area contributed by atoms with Crippen molar-refractivity contribution in [1.82, 2.24) is 0 Å². The van der Waals surface area contributed by atoms with Crippen LogP contribution >= 0.6 is 15.9 Å². The van der Waals surface area contributed by atoms with E-state index in [9.17, 15) is 13.2 Å². The molecule has 1 atom stereocenters. The molecule has 3 rings (SSSR count). The minimum Gasteiger partial charge on any atom is -0.318 e. The van der Waals surface area contributed by atoms with E-state index in [4.69, 9.17) is 5.73 Å². The van der Waals surface area contributed by atoms with Gasteiger partial charge < -0.3 is 5.73 Å². The van der Waals surface area contributed by atoms with Crippen molar-refractivity contribution in [2.45, 2.75) is 18.4 Å². The normalized spacial score (nSPS) is 21.1. The molecule has 0 saturated carbocycles. The molecule has 0 bridgehead atoms. The Hall–Kier alpha value is -1.33. The highest BCUT2D eigenvalue weighted by atomic mass is 79.9. The Bertz CT molecular complexity index is 702. The van der Waals surface area contributed by atoms with E-state index in [1.165, 1.54) is 30.3 Å². The zero-order valence-electron chi connectivity index (χ0n) is 10.4. The molecule has 0 radical (unpaired) electrons. The van der Waals surface area contributed by atoms with Crippen molar-refractivity contribution in [3.63, 3.8) is 0 Å². The zero-order chi connectivity index (χ0) is 14.5. The lowest BCUT2D eigenvalue weighted by molar-refractivity contribution is 0.450. The summed E-state index contributed by atoms with van der Waals surface area (Å²) in [5, 5.41) is 0. The maximum atomic E-state index is 14.3. The van der Waals surface area contributed by atoms with Gasteiger partial charge in [0.15, 0.2) is 0 Å². The molecule has 5 heteroatoms. The fraction of sp³-hybridized carbons (Fsp3) is 0.200. The summed E-state index contributed by atoms with van der Waals surface area (Å²) in [6.07, 6.45) is 0.838. The van der Waals surface area contributed by atoms with Crippen LogP contribution in [0.1, 0.15) is 23.1 Å². The molecule has 1 aliphatic carbocycles. The number of nitrogens with two attached hydrogens (primary N) is 1. The van der Waals surface area contributed by atoms with Crippen molar-refractivity contribution in [2.75, 3.05) is 0 Å². The van der Waals surface area contributed by atoms with Crippen LogP contribution in [0, 0.1) is 17.5 Å². The van der Waals surface area contributed by atoms with Gasteiger partial charge in [-0.05, 0) is 64.2 Å². The summed E-state index contributed by atoms with van der Waals surface area (Å²) >= 11 is 3.05. The van der Waals surface area contributed by atoms with E-state index in [0.29, 0.717) is 24.0 Å². The second kappa shape index (κ2) is 4.60. The van der Waals surface area contributed by atoms with Gasteiger partial charge in [-0.3, -0.25) is 0 Å². The number of aryl methyl sites for hydroxylation is 1. The Morgan fingerprint density at radius 2 is 1.85 bits per heavy atom. The molecule has 0 heterocycles. The van der Waals surface area contributed by atoms with Gasteiger partial charge in [0.25, 0.3) is 0 Å². The molecule has 2 aromatic carbocycles. The van der Waals surface area contributed by atoms with Gasteiger partial charge in [0.1, 0.15) is 17.5 Å². The summed E-state index contributed by atoms with van der Waals surface area (Å²) in [5.41, 5.74) is 6.14. The Labute approximate surface area is 122 Å². The fourth-order valence-corrected chi connectivity index (χ4v) is 3.20. The van der Waals surface area contributed by atoms with Gasteiger partial charge in [-0.15, -0.1) is 0 Å². The van der Waals surface area contributed by atoms with Gasteiger partial charge in [0.05, 0.1) is 10.0 Å². The van der Waals surface area contributed by atoms with Crippen molar-refractivity contribution in [3.05, 3.63) is 68.9 Å². The second-order valence-electron chi connectivity index (χ2n) is 4.99. The third-order valence-corrected chi connectivity index (χ3v) is 4.44. The summed E-state index contributed by atoms with van der Waals surface area (Å²) in [6, 6.07) is 6.63. The molecule has 104 valence electrons. The Balaban J connectivity index is 2.25. The summed E-state index contributed by atoms with van der Waals surface area (Å²) in [4.78, 5) is 0. The highest BCUT2D eigenvalue weighted by Gasteiger charge is 2.41. The van der Waals surface area contributed by atoms with Crippen LogP contribution in [-0.4, -0.2) is 0 Å². The van der Waals surface area contributed by atoms with E-state index < -0.39 is 17.2 Å². The first-order chi connectivity index (χ1) is 9.43. The largest absolute Gasteiger partial charge is 0.318 e. The van der Waals surface area contributed by atoms with Gasteiger partial charge in [0.2, 0.25) is 0 Å². The number of halogens is 4. The van der Waals surface area contributed by atoms with Gasteiger partial charge >= 0.3 is 0 Å². The first-order valence-electron chi connectivity index (χ1n) is 6.15. The van der Waals surface area contributed by atoms with Crippen LogP contribution in [0.25, 0.3) is 0 Å². The molecular weight excluding hydrogens is 331 g/mol. The summed E-state index contributed by atoms with van der Waals surface area (Å²) in [5.74, 6) is -1.77. The van der Waals surface area contributed by atoms with Gasteiger partial charge in [-0.25, -0.2) is 13.2 Å². The first kappa shape index (κ1) is 13.6. The zero-order valence-corrected chi connectivity index (χ0v) is 12.0. The molecule has 1 unspecified atom stereocenters. The monoisotopic (exact) mass is 341 g/mol. The molecule has 0 fully saturated rings. The van der Waals surface area contributed by atoms with Crippen molar-refractivity contribution >= 4 is 15.9 Å². The van der Waals surface area contributed by atoms with Crippen LogP contribution < -0.4 is 5.73 Å². The SMILES string of the molecule is NC1(c2c(F)ccc(Br)c2F)CCc2cc(F)ccc21. The topological polar surface area (TPSA) is 26.0 Å². The smallest absolute Gasteiger partial charge is 0.145 e. The minimum atomic E-state index is -1.26. The van der Waals surface area contributed by atoms with E-state index >= 15 is 0 Å². The average Bonchev–Trinajstić information content (AvgIpc) is 2.72. The first-order valence-corrected chi connectivity index (χ1v) is 6.94. The third-order valence-electron chi connectivity index (χ3n) is 3.83. The van der Waals surface area contributed by atoms with Gasteiger partial charge in [-0.1, -0.05) is 6.07 Å². The maximum absolute atomic E-state index is 14.3. The number of fused-ring (bicyclic) bond motifs is 1. The summed E-state index contributed by atoms with van der Waals surface area (Å²) in [7, 11) is 0. The van der Waals surface area contributed by atoms with E-state index in [0.717, 1.165) is 0 Å². The Morgan fingerprint density at radius 3 is 2.60 bits per heavy atom. The molecule has 20 heavy (non-hydrogen) atoms. The highest BCUT2D eigenvalue weighted by Crippen LogP contribution is 2.43. The quantitative estimate of drug-likeness (QED) is 0.779. The van der Waals surface area contributed by atoms with E-state index in [-0.39, 0.29) is 15.9 Å². The molecule has 2 aromatic rings. The minimum absolute atomic E-state index is 0.161. The molecule has 0 spiro atoms. The van der Waals surface area contributed by atoms with Crippen LogP contribution in [0.15, 0.2) is 34.8 Å². The van der Waals surface area contributed by atoms with E-state index in [1.54, 1.807) is 0 Å². The van der Waals surface area contributed by atoms with Crippen molar-refractivity contribution < 1.29 is 13.2 Å². The van der Waals surface area contributed by atoms with Crippen LogP contribution in [0.5, 0.6) is 0 Å². The molecule has 1 aliphatic rings. The average molecular weight is 342 g/mol. The van der Waals surface area contributed by atoms with Crippen molar-refractivity contribution in [2.24, 2.45) is 5.73 Å². The maximum Gasteiger partial charge on any atom is 0.145 e. The van der Waals surface area contributed by atoms with Crippen LogP contribution in [0.3, 0.4) is 0 Å². The lowest BCUT2D eigenvalue weighted by Gasteiger charge is -2.27. The van der Waals surface area contributed by atoms with Crippen LogP contribution in [-0.2, 0) is 12.0 Å². The van der Waals surface area contributed by atoms with Crippen LogP contribution in [0.2, 0.25) is 0 Å². The number of hydrogen-bond donors (Lipinski definition) is 1. The fourth-order valence-electron chi connectivity index (χ4n) is 2.87. The second-order valence-corrected chi connectivity index (χ2v) is 5.85.